The van der Waals surface area contributed by atoms with Crippen LogP contribution < -0.4 is 10.1 Å². The van der Waals surface area contributed by atoms with E-state index in [0.29, 0.717) is 0 Å². The molecule has 1 aromatic heterocycles. The molecule has 0 aliphatic heterocycles. The number of benzene rings is 1. The SMILES string of the molecule is COc1cccc(C(=O)Nc2nnn(C)n2)c1O. The second-order valence-electron chi connectivity index (χ2n) is 3.41. The molecule has 0 radical (unpaired) electrons. The van der Waals surface area contributed by atoms with Gasteiger partial charge in [-0.3, -0.25) is 10.1 Å². The van der Waals surface area contributed by atoms with Crippen molar-refractivity contribution >= 4 is 11.9 Å². The van der Waals surface area contributed by atoms with Crippen molar-refractivity contribution in [3.8, 4) is 11.5 Å². The van der Waals surface area contributed by atoms with Gasteiger partial charge in [-0.2, -0.15) is 4.80 Å². The van der Waals surface area contributed by atoms with Crippen LogP contribution in [0.15, 0.2) is 18.2 Å². The molecule has 2 aromatic rings. The summed E-state index contributed by atoms with van der Waals surface area (Å²) in [7, 11) is 2.98. The summed E-state index contributed by atoms with van der Waals surface area (Å²) < 4.78 is 4.91. The number of nitrogens with one attached hydrogen (secondary N) is 1. The number of carbonyl (C=O) groups is 1. The number of carbonyl (C=O) groups excluding carboxylic acids is 1. The molecule has 18 heavy (non-hydrogen) atoms. The first-order valence-corrected chi connectivity index (χ1v) is 5.03. The molecule has 1 amide bonds. The Bertz CT molecular complexity index is 581. The van der Waals surface area contributed by atoms with Crippen molar-refractivity contribution in [2.45, 2.75) is 0 Å². The van der Waals surface area contributed by atoms with E-state index >= 15 is 0 Å². The normalized spacial score (nSPS) is 10.1. The van der Waals surface area contributed by atoms with Crippen LogP contribution in [0.4, 0.5) is 5.95 Å². The van der Waals surface area contributed by atoms with Gasteiger partial charge in [0.1, 0.15) is 0 Å². The molecule has 0 bridgehead atoms. The summed E-state index contributed by atoms with van der Waals surface area (Å²) in [6, 6.07) is 4.60. The Hall–Kier alpha value is -2.64. The largest absolute Gasteiger partial charge is 0.504 e. The topological polar surface area (TPSA) is 102 Å². The van der Waals surface area contributed by atoms with E-state index in [0.717, 1.165) is 0 Å². The third-order valence-electron chi connectivity index (χ3n) is 2.20. The second kappa shape index (κ2) is 4.70. The lowest BCUT2D eigenvalue weighted by Crippen LogP contribution is -2.13. The van der Waals surface area contributed by atoms with Gasteiger partial charge in [-0.25, -0.2) is 0 Å². The predicted octanol–water partition coefficient (Wildman–Crippen LogP) is 0.177. The van der Waals surface area contributed by atoms with Gasteiger partial charge in [0.05, 0.1) is 19.7 Å². The molecular formula is C10H11N5O3. The molecule has 0 atom stereocenters. The van der Waals surface area contributed by atoms with Crippen molar-refractivity contribution in [3.63, 3.8) is 0 Å². The second-order valence-corrected chi connectivity index (χ2v) is 3.41. The van der Waals surface area contributed by atoms with Gasteiger partial charge >= 0.3 is 0 Å². The fourth-order valence-corrected chi connectivity index (χ4v) is 1.37. The van der Waals surface area contributed by atoms with Gasteiger partial charge in [-0.15, -0.1) is 5.10 Å². The molecule has 1 heterocycles. The maximum absolute atomic E-state index is 11.9. The number of anilines is 1. The smallest absolute Gasteiger partial charge is 0.270 e. The lowest BCUT2D eigenvalue weighted by molar-refractivity contribution is 0.102. The molecule has 0 unspecified atom stereocenters. The summed E-state index contributed by atoms with van der Waals surface area (Å²) in [6.45, 7) is 0. The maximum Gasteiger partial charge on any atom is 0.270 e. The van der Waals surface area contributed by atoms with Gasteiger partial charge in [0.15, 0.2) is 11.5 Å². The summed E-state index contributed by atoms with van der Waals surface area (Å²) in [5.41, 5.74) is 0.0711. The molecule has 94 valence electrons. The minimum absolute atomic E-state index is 0.0599. The maximum atomic E-state index is 11.9. The third kappa shape index (κ3) is 2.21. The highest BCUT2D eigenvalue weighted by molar-refractivity contribution is 6.05. The van der Waals surface area contributed by atoms with Crippen molar-refractivity contribution < 1.29 is 14.6 Å². The van der Waals surface area contributed by atoms with Crippen LogP contribution in [0.3, 0.4) is 0 Å². The fraction of sp³-hybridized carbons (Fsp3) is 0.200. The Morgan fingerprint density at radius 1 is 1.50 bits per heavy atom. The quantitative estimate of drug-likeness (QED) is 0.804. The van der Waals surface area contributed by atoms with E-state index < -0.39 is 5.91 Å². The highest BCUT2D eigenvalue weighted by Crippen LogP contribution is 2.29. The Morgan fingerprint density at radius 3 is 2.89 bits per heavy atom. The summed E-state index contributed by atoms with van der Waals surface area (Å²) >= 11 is 0. The lowest BCUT2D eigenvalue weighted by Gasteiger charge is -2.07. The third-order valence-corrected chi connectivity index (χ3v) is 2.20. The average molecular weight is 249 g/mol. The predicted molar refractivity (Wildman–Crippen MR) is 61.4 cm³/mol. The van der Waals surface area contributed by atoms with E-state index in [1.807, 2.05) is 0 Å². The molecule has 0 spiro atoms. The number of hydrogen-bond acceptors (Lipinski definition) is 6. The molecule has 2 rings (SSSR count). The van der Waals surface area contributed by atoms with Crippen molar-refractivity contribution in [2.24, 2.45) is 7.05 Å². The summed E-state index contributed by atoms with van der Waals surface area (Å²) in [5.74, 6) is -0.500. The number of rotatable bonds is 3. The fourth-order valence-electron chi connectivity index (χ4n) is 1.37. The summed E-state index contributed by atoms with van der Waals surface area (Å²) in [4.78, 5) is 13.1. The zero-order valence-electron chi connectivity index (χ0n) is 9.78. The number of amides is 1. The number of phenols is 1. The van der Waals surface area contributed by atoms with Gasteiger partial charge in [0, 0.05) is 0 Å². The van der Waals surface area contributed by atoms with Gasteiger partial charge in [-0.05, 0) is 17.3 Å². The zero-order valence-corrected chi connectivity index (χ0v) is 9.78. The van der Waals surface area contributed by atoms with E-state index in [9.17, 15) is 9.90 Å². The zero-order chi connectivity index (χ0) is 13.1. The molecule has 0 saturated carbocycles. The van der Waals surface area contributed by atoms with E-state index in [1.165, 1.54) is 18.0 Å². The number of phenolic OH excluding ortho intramolecular Hbond substituents is 1. The van der Waals surface area contributed by atoms with E-state index in [4.69, 9.17) is 4.74 Å². The number of hydrogen-bond donors (Lipinski definition) is 2. The van der Waals surface area contributed by atoms with Crippen molar-refractivity contribution in [3.05, 3.63) is 23.8 Å². The number of tetrazole rings is 1. The van der Waals surface area contributed by atoms with Crippen LogP contribution in [0.25, 0.3) is 0 Å². The van der Waals surface area contributed by atoms with Crippen molar-refractivity contribution in [1.82, 2.24) is 20.2 Å². The Morgan fingerprint density at radius 2 is 2.28 bits per heavy atom. The summed E-state index contributed by atoms with van der Waals surface area (Å²) in [5, 5.41) is 23.2. The highest BCUT2D eigenvalue weighted by atomic mass is 16.5. The first-order chi connectivity index (χ1) is 8.61. The summed E-state index contributed by atoms with van der Waals surface area (Å²) in [6.07, 6.45) is 0. The highest BCUT2D eigenvalue weighted by Gasteiger charge is 2.16. The van der Waals surface area contributed by atoms with E-state index in [2.05, 4.69) is 20.7 Å². The van der Waals surface area contributed by atoms with E-state index in [-0.39, 0.29) is 23.0 Å². The molecule has 0 aliphatic carbocycles. The average Bonchev–Trinajstić information content (AvgIpc) is 2.75. The Kier molecular flexibility index (Phi) is 3.09. The number of aromatic nitrogens is 4. The van der Waals surface area contributed by atoms with Crippen molar-refractivity contribution in [2.75, 3.05) is 12.4 Å². The number of aryl methyl sites for hydroxylation is 1. The molecule has 8 nitrogen and oxygen atoms in total. The first-order valence-electron chi connectivity index (χ1n) is 5.03. The van der Waals surface area contributed by atoms with Crippen LogP contribution in [0.5, 0.6) is 11.5 Å². The van der Waals surface area contributed by atoms with Gasteiger partial charge < -0.3 is 9.84 Å². The number of ether oxygens (including phenoxy) is 1. The van der Waals surface area contributed by atoms with Crippen LogP contribution in [0, 0.1) is 0 Å². The molecule has 0 aliphatic rings. The molecule has 0 saturated heterocycles. The molecular weight excluding hydrogens is 238 g/mol. The van der Waals surface area contributed by atoms with E-state index in [1.54, 1.807) is 19.2 Å². The standard InChI is InChI=1S/C10H11N5O3/c1-15-13-10(12-14-15)11-9(17)6-4-3-5-7(18-2)8(6)16/h3-5,16H,1-2H3,(H,11,13,17). The molecule has 2 N–H and O–H groups in total. The monoisotopic (exact) mass is 249 g/mol. The van der Waals surface area contributed by atoms with Crippen LogP contribution >= 0.6 is 0 Å². The van der Waals surface area contributed by atoms with Gasteiger partial charge in [-0.1, -0.05) is 11.2 Å². The number of nitrogens with zero attached hydrogens (tertiary/aromatic N) is 4. The molecule has 8 heteroatoms. The Balaban J connectivity index is 2.24. The first kappa shape index (κ1) is 11.8. The van der Waals surface area contributed by atoms with Crippen LogP contribution in [-0.2, 0) is 7.05 Å². The number of methoxy groups -OCH3 is 1. The minimum atomic E-state index is -0.542. The van der Waals surface area contributed by atoms with Gasteiger partial charge in [0.2, 0.25) is 0 Å². The molecule has 0 fully saturated rings. The van der Waals surface area contributed by atoms with Crippen LogP contribution in [0.1, 0.15) is 10.4 Å². The number of para-hydroxylation sites is 1. The number of aromatic hydroxyl groups is 1. The van der Waals surface area contributed by atoms with Gasteiger partial charge in [0.25, 0.3) is 11.9 Å². The van der Waals surface area contributed by atoms with Crippen LogP contribution in [0.2, 0.25) is 0 Å². The Labute approximate surface area is 102 Å². The molecule has 1 aromatic carbocycles. The lowest BCUT2D eigenvalue weighted by atomic mass is 10.1. The van der Waals surface area contributed by atoms with Crippen molar-refractivity contribution in [1.29, 1.82) is 0 Å². The van der Waals surface area contributed by atoms with Crippen LogP contribution in [-0.4, -0.2) is 38.3 Å². The minimum Gasteiger partial charge on any atom is -0.504 e.